The minimum Gasteiger partial charge on any atom is -0.393 e. The van der Waals surface area contributed by atoms with Crippen molar-refractivity contribution >= 4 is 46.9 Å². The van der Waals surface area contributed by atoms with Crippen LogP contribution in [0.4, 0.5) is 0 Å². The Morgan fingerprint density at radius 1 is 1.50 bits per heavy atom. The molecule has 1 aromatic carbocycles. The summed E-state index contributed by atoms with van der Waals surface area (Å²) in [5.41, 5.74) is 0.893. The Morgan fingerprint density at radius 2 is 2.17 bits per heavy atom. The monoisotopic (exact) mass is 318 g/mol. The molecular formula is C11H11ClN2OS3. The van der Waals surface area contributed by atoms with Crippen molar-refractivity contribution in [3.05, 3.63) is 33.2 Å². The Balaban J connectivity index is 2.24. The highest BCUT2D eigenvalue weighted by atomic mass is 35.5. The Bertz CT molecular complexity index is 577. The number of aliphatic hydroxyl groups excluding tert-OH is 1. The fourth-order valence-electron chi connectivity index (χ4n) is 1.26. The van der Waals surface area contributed by atoms with Gasteiger partial charge in [0.2, 0.25) is 0 Å². The molecule has 0 spiro atoms. The molecule has 0 aliphatic heterocycles. The van der Waals surface area contributed by atoms with Gasteiger partial charge in [-0.05, 0) is 43.4 Å². The highest BCUT2D eigenvalue weighted by molar-refractivity contribution is 8.01. The molecule has 0 radical (unpaired) electrons. The van der Waals surface area contributed by atoms with Crippen LogP contribution < -0.4 is 0 Å². The van der Waals surface area contributed by atoms with Crippen LogP contribution in [-0.2, 0) is 0 Å². The Labute approximate surface area is 123 Å². The van der Waals surface area contributed by atoms with E-state index in [1.54, 1.807) is 23.7 Å². The minimum absolute atomic E-state index is 0.351. The number of nitrogens with zero attached hydrogens (tertiary/aromatic N) is 2. The summed E-state index contributed by atoms with van der Waals surface area (Å²) in [7, 11) is 0. The smallest absolute Gasteiger partial charge is 0.184 e. The van der Waals surface area contributed by atoms with Gasteiger partial charge in [0, 0.05) is 10.8 Å². The molecule has 1 unspecified atom stereocenters. The molecule has 0 bridgehead atoms. The van der Waals surface area contributed by atoms with Crippen molar-refractivity contribution in [1.82, 2.24) is 9.78 Å². The van der Waals surface area contributed by atoms with Gasteiger partial charge in [0.15, 0.2) is 8.29 Å². The summed E-state index contributed by atoms with van der Waals surface area (Å²) in [6.07, 6.45) is -0.351. The van der Waals surface area contributed by atoms with Crippen molar-refractivity contribution in [1.29, 1.82) is 0 Å². The molecule has 7 heteroatoms. The third-order valence-corrected chi connectivity index (χ3v) is 4.91. The molecule has 1 atom stereocenters. The topological polar surface area (TPSA) is 38.1 Å². The summed E-state index contributed by atoms with van der Waals surface area (Å²) < 4.78 is 3.25. The van der Waals surface area contributed by atoms with Crippen LogP contribution in [0.3, 0.4) is 0 Å². The van der Waals surface area contributed by atoms with Gasteiger partial charge in [0.25, 0.3) is 0 Å². The van der Waals surface area contributed by atoms with Crippen LogP contribution in [0.5, 0.6) is 0 Å². The van der Waals surface area contributed by atoms with Gasteiger partial charge >= 0.3 is 0 Å². The first-order valence-corrected chi connectivity index (χ1v) is 7.82. The van der Waals surface area contributed by atoms with Gasteiger partial charge in [-0.25, -0.2) is 4.68 Å². The van der Waals surface area contributed by atoms with E-state index in [1.165, 1.54) is 23.1 Å². The SMILES string of the molecule is CC(O)CSc1nn(-c2ccc(Cl)cc2)c(=S)s1. The molecule has 0 aliphatic rings. The highest BCUT2D eigenvalue weighted by Crippen LogP contribution is 2.25. The molecule has 0 saturated heterocycles. The van der Waals surface area contributed by atoms with Gasteiger partial charge in [0.05, 0.1) is 11.8 Å². The zero-order valence-electron chi connectivity index (χ0n) is 9.54. The minimum atomic E-state index is -0.351. The van der Waals surface area contributed by atoms with E-state index in [0.29, 0.717) is 14.7 Å². The van der Waals surface area contributed by atoms with Crippen LogP contribution in [0.15, 0.2) is 28.6 Å². The zero-order chi connectivity index (χ0) is 13.1. The molecule has 0 fully saturated rings. The molecule has 2 aromatic rings. The second kappa shape index (κ2) is 6.16. The van der Waals surface area contributed by atoms with Crippen LogP contribution >= 0.6 is 46.9 Å². The molecule has 0 saturated carbocycles. The lowest BCUT2D eigenvalue weighted by molar-refractivity contribution is 0.220. The van der Waals surface area contributed by atoms with E-state index < -0.39 is 0 Å². The van der Waals surface area contributed by atoms with E-state index in [4.69, 9.17) is 23.8 Å². The van der Waals surface area contributed by atoms with Gasteiger partial charge in [0.1, 0.15) is 0 Å². The van der Waals surface area contributed by atoms with Crippen LogP contribution in [0, 0.1) is 3.95 Å². The number of hydrogen-bond acceptors (Lipinski definition) is 5. The van der Waals surface area contributed by atoms with Gasteiger partial charge in [-0.15, -0.1) is 5.10 Å². The molecule has 3 nitrogen and oxygen atoms in total. The lowest BCUT2D eigenvalue weighted by Gasteiger charge is -2.01. The summed E-state index contributed by atoms with van der Waals surface area (Å²) in [6.45, 7) is 1.75. The maximum Gasteiger partial charge on any atom is 0.184 e. The molecular weight excluding hydrogens is 308 g/mol. The summed E-state index contributed by atoms with van der Waals surface area (Å²) in [5, 5.41) is 14.4. The molecule has 1 N–H and O–H groups in total. The lowest BCUT2D eigenvalue weighted by Crippen LogP contribution is -2.02. The fourth-order valence-corrected chi connectivity index (χ4v) is 3.63. The summed E-state index contributed by atoms with van der Waals surface area (Å²) in [5.74, 6) is 0.614. The number of aromatic nitrogens is 2. The number of rotatable bonds is 4. The second-order valence-corrected chi connectivity index (χ2v) is 7.01. The van der Waals surface area contributed by atoms with Crippen molar-refractivity contribution in [2.75, 3.05) is 5.75 Å². The first kappa shape index (κ1) is 14.0. The summed E-state index contributed by atoms with van der Waals surface area (Å²) in [6, 6.07) is 7.36. The van der Waals surface area contributed by atoms with Crippen LogP contribution in [-0.4, -0.2) is 26.7 Å². The maximum atomic E-state index is 9.25. The molecule has 1 aromatic heterocycles. The van der Waals surface area contributed by atoms with Crippen molar-refractivity contribution in [2.24, 2.45) is 0 Å². The van der Waals surface area contributed by atoms with Crippen LogP contribution in [0.1, 0.15) is 6.92 Å². The van der Waals surface area contributed by atoms with E-state index in [0.717, 1.165) is 10.0 Å². The fraction of sp³-hybridized carbons (Fsp3) is 0.273. The summed E-state index contributed by atoms with van der Waals surface area (Å²) in [4.78, 5) is 0. The van der Waals surface area contributed by atoms with Gasteiger partial charge in [-0.1, -0.05) is 34.7 Å². The van der Waals surface area contributed by atoms with Crippen molar-refractivity contribution in [3.63, 3.8) is 0 Å². The Hall–Kier alpha value is -0.400. The predicted molar refractivity (Wildman–Crippen MR) is 79.7 cm³/mol. The van der Waals surface area contributed by atoms with E-state index in [2.05, 4.69) is 5.10 Å². The lowest BCUT2D eigenvalue weighted by atomic mass is 10.3. The molecule has 96 valence electrons. The number of aliphatic hydroxyl groups is 1. The number of thioether (sulfide) groups is 1. The normalized spacial score (nSPS) is 12.6. The van der Waals surface area contributed by atoms with E-state index in [9.17, 15) is 5.11 Å². The molecule has 1 heterocycles. The van der Waals surface area contributed by atoms with E-state index >= 15 is 0 Å². The molecule has 2 rings (SSSR count). The highest BCUT2D eigenvalue weighted by Gasteiger charge is 2.07. The standard InChI is InChI=1S/C11H11ClN2OS3/c1-7(15)6-17-10-13-14(11(16)18-10)9-4-2-8(12)3-5-9/h2-5,7,15H,6H2,1H3. The third-order valence-electron chi connectivity index (χ3n) is 2.05. The first-order chi connectivity index (χ1) is 8.56. The van der Waals surface area contributed by atoms with E-state index in [1.807, 2.05) is 12.1 Å². The Morgan fingerprint density at radius 3 is 2.78 bits per heavy atom. The maximum absolute atomic E-state index is 9.25. The van der Waals surface area contributed by atoms with Gasteiger partial charge in [-0.2, -0.15) is 0 Å². The van der Waals surface area contributed by atoms with Crippen molar-refractivity contribution in [2.45, 2.75) is 17.4 Å². The number of benzene rings is 1. The third kappa shape index (κ3) is 3.55. The van der Waals surface area contributed by atoms with Gasteiger partial charge < -0.3 is 5.11 Å². The first-order valence-electron chi connectivity index (χ1n) is 5.23. The predicted octanol–water partition coefficient (Wildman–Crippen LogP) is 3.79. The molecule has 0 aliphatic carbocycles. The van der Waals surface area contributed by atoms with Crippen molar-refractivity contribution in [3.8, 4) is 5.69 Å². The van der Waals surface area contributed by atoms with Crippen LogP contribution in [0.2, 0.25) is 5.02 Å². The average molecular weight is 319 g/mol. The van der Waals surface area contributed by atoms with Crippen LogP contribution in [0.25, 0.3) is 5.69 Å². The number of hydrogen-bond donors (Lipinski definition) is 1. The Kier molecular flexibility index (Phi) is 4.80. The second-order valence-electron chi connectivity index (χ2n) is 3.68. The zero-order valence-corrected chi connectivity index (χ0v) is 12.7. The number of halogens is 1. The largest absolute Gasteiger partial charge is 0.393 e. The average Bonchev–Trinajstić information content (AvgIpc) is 2.69. The molecule has 0 amide bonds. The van der Waals surface area contributed by atoms with E-state index in [-0.39, 0.29) is 6.10 Å². The quantitative estimate of drug-likeness (QED) is 0.687. The molecule has 18 heavy (non-hydrogen) atoms. The van der Waals surface area contributed by atoms with Crippen molar-refractivity contribution < 1.29 is 5.11 Å². The van der Waals surface area contributed by atoms with Gasteiger partial charge in [-0.3, -0.25) is 0 Å². The summed E-state index contributed by atoms with van der Waals surface area (Å²) >= 11 is 14.1.